The fourth-order valence-corrected chi connectivity index (χ4v) is 3.32. The number of carbonyl (C=O) groups is 1. The summed E-state index contributed by atoms with van der Waals surface area (Å²) in [6, 6.07) is 2.04. The summed E-state index contributed by atoms with van der Waals surface area (Å²) < 4.78 is 26.1. The van der Waals surface area contributed by atoms with Crippen molar-refractivity contribution in [3.05, 3.63) is 18.1 Å². The molecule has 1 aromatic heterocycles. The number of hydrogen-bond acceptors (Lipinski definition) is 4. The van der Waals surface area contributed by atoms with E-state index in [2.05, 4.69) is 14.9 Å². The maximum Gasteiger partial charge on any atom is 0.260 e. The number of hydrogen-bond donors (Lipinski definition) is 0. The molecule has 3 fully saturated rings. The van der Waals surface area contributed by atoms with Crippen LogP contribution in [0.25, 0.3) is 0 Å². The van der Waals surface area contributed by atoms with Crippen LogP contribution in [0.5, 0.6) is 0 Å². The number of halogens is 2. The molecule has 1 aromatic rings. The first kappa shape index (κ1) is 14.8. The van der Waals surface area contributed by atoms with Crippen LogP contribution in [-0.2, 0) is 4.79 Å². The summed E-state index contributed by atoms with van der Waals surface area (Å²) in [5.74, 6) is -2.83. The molecule has 1 unspecified atom stereocenters. The third kappa shape index (κ3) is 2.77. The lowest BCUT2D eigenvalue weighted by molar-refractivity contribution is -0.135. The first-order valence-corrected chi connectivity index (χ1v) is 8.28. The van der Waals surface area contributed by atoms with Crippen LogP contribution < -0.4 is 4.90 Å². The molecule has 4 rings (SSSR count). The molecule has 23 heavy (non-hydrogen) atoms. The molecule has 5 nitrogen and oxygen atoms in total. The molecule has 1 amide bonds. The molecule has 2 aliphatic carbocycles. The number of nitrogens with zero attached hydrogens (tertiary/aromatic N) is 4. The van der Waals surface area contributed by atoms with Crippen LogP contribution in [0.1, 0.15) is 37.3 Å². The van der Waals surface area contributed by atoms with Crippen molar-refractivity contribution in [2.24, 2.45) is 5.92 Å². The second-order valence-corrected chi connectivity index (χ2v) is 6.76. The topological polar surface area (TPSA) is 49.3 Å². The van der Waals surface area contributed by atoms with E-state index in [1.54, 1.807) is 11.2 Å². The summed E-state index contributed by atoms with van der Waals surface area (Å²) >= 11 is 0. The van der Waals surface area contributed by atoms with Gasteiger partial charge in [-0.3, -0.25) is 4.79 Å². The average Bonchev–Trinajstić information content (AvgIpc) is 3.14. The van der Waals surface area contributed by atoms with E-state index in [4.69, 9.17) is 0 Å². The Hall–Kier alpha value is -1.79. The van der Waals surface area contributed by atoms with E-state index in [1.807, 2.05) is 6.07 Å². The molecule has 3 aliphatic rings. The smallest absolute Gasteiger partial charge is 0.260 e. The highest BCUT2D eigenvalue weighted by atomic mass is 19.3. The summed E-state index contributed by atoms with van der Waals surface area (Å²) in [7, 11) is 0. The third-order valence-electron chi connectivity index (χ3n) is 5.24. The lowest BCUT2D eigenvalue weighted by atomic mass is 9.83. The molecule has 2 saturated carbocycles. The number of anilines is 1. The maximum atomic E-state index is 13.0. The fraction of sp³-hybridized carbons (Fsp3) is 0.688. The molecule has 1 atom stereocenters. The van der Waals surface area contributed by atoms with Gasteiger partial charge in [-0.15, -0.1) is 0 Å². The Kier molecular flexibility index (Phi) is 3.46. The molecule has 0 bridgehead atoms. The summed E-state index contributed by atoms with van der Waals surface area (Å²) in [6.07, 6.45) is 4.95. The summed E-state index contributed by atoms with van der Waals surface area (Å²) in [6.45, 7) is 2.22. The van der Waals surface area contributed by atoms with Crippen molar-refractivity contribution in [1.82, 2.24) is 14.9 Å². The van der Waals surface area contributed by atoms with E-state index >= 15 is 0 Å². The van der Waals surface area contributed by atoms with Crippen LogP contribution in [0.2, 0.25) is 0 Å². The Balaban J connectivity index is 1.37. The van der Waals surface area contributed by atoms with Crippen molar-refractivity contribution in [3.8, 4) is 0 Å². The van der Waals surface area contributed by atoms with E-state index in [0.717, 1.165) is 11.5 Å². The average molecular weight is 322 g/mol. The van der Waals surface area contributed by atoms with Crippen LogP contribution >= 0.6 is 0 Å². The molecule has 7 heteroatoms. The van der Waals surface area contributed by atoms with Gasteiger partial charge in [-0.1, -0.05) is 6.42 Å². The zero-order valence-corrected chi connectivity index (χ0v) is 12.9. The Labute approximate surface area is 133 Å². The minimum atomic E-state index is -2.78. The zero-order chi connectivity index (χ0) is 16.0. The van der Waals surface area contributed by atoms with Crippen molar-refractivity contribution in [2.75, 3.05) is 31.1 Å². The van der Waals surface area contributed by atoms with Crippen LogP contribution in [0.4, 0.5) is 14.6 Å². The Morgan fingerprint density at radius 3 is 2.43 bits per heavy atom. The summed E-state index contributed by atoms with van der Waals surface area (Å²) in [4.78, 5) is 24.4. The van der Waals surface area contributed by atoms with Crippen molar-refractivity contribution in [3.63, 3.8) is 0 Å². The van der Waals surface area contributed by atoms with Gasteiger partial charge in [-0.05, 0) is 12.8 Å². The van der Waals surface area contributed by atoms with Crippen LogP contribution in [0.15, 0.2) is 12.4 Å². The molecule has 1 saturated heterocycles. The lowest BCUT2D eigenvalue weighted by Crippen LogP contribution is -2.50. The molecule has 0 N–H and O–H groups in total. The second-order valence-electron chi connectivity index (χ2n) is 6.76. The number of piperazine rings is 1. The van der Waals surface area contributed by atoms with Crippen LogP contribution in [0.3, 0.4) is 0 Å². The predicted molar refractivity (Wildman–Crippen MR) is 80.5 cm³/mol. The Morgan fingerprint density at radius 1 is 1.17 bits per heavy atom. The van der Waals surface area contributed by atoms with E-state index in [0.29, 0.717) is 32.1 Å². The highest BCUT2D eigenvalue weighted by molar-refractivity contribution is 5.83. The largest absolute Gasteiger partial charge is 0.353 e. The normalized spacial score (nSPS) is 26.8. The van der Waals surface area contributed by atoms with Crippen molar-refractivity contribution in [1.29, 1.82) is 0 Å². The van der Waals surface area contributed by atoms with Gasteiger partial charge in [-0.25, -0.2) is 18.7 Å². The van der Waals surface area contributed by atoms with E-state index < -0.39 is 17.7 Å². The van der Waals surface area contributed by atoms with Crippen molar-refractivity contribution in [2.45, 2.75) is 37.5 Å². The number of carbonyl (C=O) groups excluding carboxylic acids is 1. The van der Waals surface area contributed by atoms with Gasteiger partial charge in [0.2, 0.25) is 5.91 Å². The molecule has 0 spiro atoms. The van der Waals surface area contributed by atoms with Gasteiger partial charge in [0.1, 0.15) is 18.1 Å². The third-order valence-corrected chi connectivity index (χ3v) is 5.24. The fourth-order valence-electron chi connectivity index (χ4n) is 3.32. The zero-order valence-electron chi connectivity index (χ0n) is 12.9. The van der Waals surface area contributed by atoms with Gasteiger partial charge in [0.15, 0.2) is 0 Å². The molecule has 2 heterocycles. The lowest BCUT2D eigenvalue weighted by Gasteiger charge is -2.36. The van der Waals surface area contributed by atoms with Gasteiger partial charge in [-0.2, -0.15) is 0 Å². The number of aromatic nitrogens is 2. The van der Waals surface area contributed by atoms with E-state index in [9.17, 15) is 13.6 Å². The highest BCUT2D eigenvalue weighted by Gasteiger charge is 2.62. The first-order chi connectivity index (χ1) is 11.0. The minimum absolute atomic E-state index is 0.289. The van der Waals surface area contributed by atoms with Crippen molar-refractivity contribution < 1.29 is 13.6 Å². The van der Waals surface area contributed by atoms with E-state index in [1.165, 1.54) is 19.3 Å². The molecule has 124 valence electrons. The predicted octanol–water partition coefficient (Wildman–Crippen LogP) is 2.05. The van der Waals surface area contributed by atoms with Gasteiger partial charge in [0.25, 0.3) is 5.92 Å². The molecule has 1 aliphatic heterocycles. The maximum absolute atomic E-state index is 13.0. The quantitative estimate of drug-likeness (QED) is 0.854. The molecule has 0 radical (unpaired) electrons. The number of alkyl halides is 2. The molecule has 0 aromatic carbocycles. The standard InChI is InChI=1S/C16H20F2N4O/c17-16(18)9-12(16)15(23)22-6-4-21(5-7-22)14-8-13(19-10-20-14)11-2-1-3-11/h8,10-12H,1-7,9H2. The van der Waals surface area contributed by atoms with Crippen LogP contribution in [0, 0.1) is 5.92 Å². The number of rotatable bonds is 3. The Bertz CT molecular complexity index is 612. The van der Waals surface area contributed by atoms with E-state index in [-0.39, 0.29) is 6.42 Å². The van der Waals surface area contributed by atoms with Gasteiger partial charge in [0.05, 0.1) is 0 Å². The van der Waals surface area contributed by atoms with Crippen molar-refractivity contribution >= 4 is 11.7 Å². The van der Waals surface area contributed by atoms with Gasteiger partial charge < -0.3 is 9.80 Å². The second kappa shape index (κ2) is 5.39. The summed E-state index contributed by atoms with van der Waals surface area (Å²) in [5, 5.41) is 0. The monoisotopic (exact) mass is 322 g/mol. The van der Waals surface area contributed by atoms with Gasteiger partial charge >= 0.3 is 0 Å². The highest BCUT2D eigenvalue weighted by Crippen LogP contribution is 2.49. The summed E-state index contributed by atoms with van der Waals surface area (Å²) in [5.41, 5.74) is 1.09. The molecular formula is C16H20F2N4O. The Morgan fingerprint density at radius 2 is 1.87 bits per heavy atom. The minimum Gasteiger partial charge on any atom is -0.353 e. The number of amides is 1. The SMILES string of the molecule is O=C(C1CC1(F)F)N1CCN(c2cc(C3CCC3)ncn2)CC1. The first-order valence-electron chi connectivity index (χ1n) is 8.28. The molecular weight excluding hydrogens is 302 g/mol. The van der Waals surface area contributed by atoms with Crippen LogP contribution in [-0.4, -0.2) is 52.9 Å². The van der Waals surface area contributed by atoms with Gasteiger partial charge in [0, 0.05) is 50.3 Å².